The van der Waals surface area contributed by atoms with Gasteiger partial charge in [-0.15, -0.1) is 0 Å². The summed E-state index contributed by atoms with van der Waals surface area (Å²) in [7, 11) is 0. The molecule has 2 aromatic rings. The van der Waals surface area contributed by atoms with Gasteiger partial charge in [0.1, 0.15) is 5.75 Å². The van der Waals surface area contributed by atoms with Crippen LogP contribution in [-0.4, -0.2) is 11.7 Å². The summed E-state index contributed by atoms with van der Waals surface area (Å²) in [6.07, 6.45) is 0.822. The molecule has 1 aliphatic heterocycles. The number of rotatable bonds is 2. The van der Waals surface area contributed by atoms with Gasteiger partial charge in [0, 0.05) is 11.5 Å². The molecule has 2 unspecified atom stereocenters. The molecule has 98 valence electrons. The molecule has 19 heavy (non-hydrogen) atoms. The molecule has 0 saturated carbocycles. The summed E-state index contributed by atoms with van der Waals surface area (Å²) in [5, 5.41) is 10.9. The van der Waals surface area contributed by atoms with Crippen LogP contribution in [0.4, 0.5) is 0 Å². The number of hydrogen-bond donors (Lipinski definition) is 1. The third-order valence-electron chi connectivity index (χ3n) is 3.99. The minimum absolute atomic E-state index is 0.0739. The Morgan fingerprint density at radius 3 is 2.58 bits per heavy atom. The van der Waals surface area contributed by atoms with Crippen LogP contribution in [0.15, 0.2) is 54.6 Å². The number of ether oxygens (including phenoxy) is 1. The van der Waals surface area contributed by atoms with E-state index in [-0.39, 0.29) is 5.92 Å². The molecule has 0 fully saturated rings. The van der Waals surface area contributed by atoms with Gasteiger partial charge in [-0.25, -0.2) is 0 Å². The smallest absolute Gasteiger partial charge is 0.125 e. The molecule has 0 spiro atoms. The van der Waals surface area contributed by atoms with Crippen LogP contribution in [0.25, 0.3) is 0 Å². The zero-order chi connectivity index (χ0) is 13.3. The Labute approximate surface area is 113 Å². The fourth-order valence-electron chi connectivity index (χ4n) is 2.74. The van der Waals surface area contributed by atoms with E-state index in [1.54, 1.807) is 0 Å². The van der Waals surface area contributed by atoms with Gasteiger partial charge in [0.15, 0.2) is 0 Å². The molecule has 3 rings (SSSR count). The zero-order valence-corrected chi connectivity index (χ0v) is 11.0. The average Bonchev–Trinajstić information content (AvgIpc) is 2.44. The Morgan fingerprint density at radius 1 is 1.11 bits per heavy atom. The highest BCUT2D eigenvalue weighted by Crippen LogP contribution is 2.41. The van der Waals surface area contributed by atoms with Crippen molar-refractivity contribution in [1.82, 2.24) is 0 Å². The van der Waals surface area contributed by atoms with Crippen molar-refractivity contribution < 1.29 is 9.84 Å². The van der Waals surface area contributed by atoms with E-state index >= 15 is 0 Å². The Bertz CT molecular complexity index is 560. The highest BCUT2D eigenvalue weighted by Gasteiger charge is 2.39. The molecule has 2 heteroatoms. The summed E-state index contributed by atoms with van der Waals surface area (Å²) in [5.41, 5.74) is 1.28. The second-order valence-electron chi connectivity index (χ2n) is 5.34. The van der Waals surface area contributed by atoms with Gasteiger partial charge < -0.3 is 9.84 Å². The van der Waals surface area contributed by atoms with Crippen molar-refractivity contribution in [3.63, 3.8) is 0 Å². The third kappa shape index (κ3) is 2.24. The molecule has 1 N–H and O–H groups in total. The fraction of sp³-hybridized carbons (Fsp3) is 0.294. The van der Waals surface area contributed by atoms with Crippen molar-refractivity contribution in [3.05, 3.63) is 65.7 Å². The van der Waals surface area contributed by atoms with Crippen LogP contribution in [0, 0.1) is 5.92 Å². The highest BCUT2D eigenvalue weighted by molar-refractivity contribution is 5.40. The van der Waals surface area contributed by atoms with Gasteiger partial charge in [0.25, 0.3) is 0 Å². The predicted molar refractivity (Wildman–Crippen MR) is 75.1 cm³/mol. The Hall–Kier alpha value is -1.80. The number of aliphatic hydroxyl groups is 1. The number of benzene rings is 2. The van der Waals surface area contributed by atoms with Gasteiger partial charge in [-0.2, -0.15) is 0 Å². The lowest BCUT2D eigenvalue weighted by Crippen LogP contribution is -2.41. The van der Waals surface area contributed by atoms with Crippen molar-refractivity contribution in [2.45, 2.75) is 18.9 Å². The van der Waals surface area contributed by atoms with Crippen LogP contribution in [0.2, 0.25) is 0 Å². The van der Waals surface area contributed by atoms with Crippen LogP contribution < -0.4 is 4.74 Å². The molecule has 2 atom stereocenters. The van der Waals surface area contributed by atoms with E-state index in [4.69, 9.17) is 4.74 Å². The van der Waals surface area contributed by atoms with E-state index in [1.165, 1.54) is 5.56 Å². The molecule has 0 radical (unpaired) electrons. The first-order valence-corrected chi connectivity index (χ1v) is 6.66. The van der Waals surface area contributed by atoms with Crippen LogP contribution in [0.3, 0.4) is 0 Å². The number of fused-ring (bicyclic) bond motifs is 1. The van der Waals surface area contributed by atoms with Crippen LogP contribution >= 0.6 is 0 Å². The van der Waals surface area contributed by atoms with Crippen molar-refractivity contribution in [1.29, 1.82) is 0 Å². The predicted octanol–water partition coefficient (Wildman–Crippen LogP) is 3.15. The van der Waals surface area contributed by atoms with Gasteiger partial charge in [0.05, 0.1) is 12.2 Å². The van der Waals surface area contributed by atoms with Gasteiger partial charge >= 0.3 is 0 Å². The van der Waals surface area contributed by atoms with Gasteiger partial charge in [-0.1, -0.05) is 48.5 Å². The van der Waals surface area contributed by atoms with Crippen molar-refractivity contribution in [2.75, 3.05) is 6.61 Å². The van der Waals surface area contributed by atoms with Crippen LogP contribution in [-0.2, 0) is 12.0 Å². The summed E-state index contributed by atoms with van der Waals surface area (Å²) in [5.74, 6) is 0.876. The fourth-order valence-corrected chi connectivity index (χ4v) is 2.74. The molecule has 0 amide bonds. The molecule has 0 saturated heterocycles. The first-order valence-electron chi connectivity index (χ1n) is 6.66. The summed E-state index contributed by atoms with van der Waals surface area (Å²) < 4.78 is 5.78. The molecule has 1 heterocycles. The van der Waals surface area contributed by atoms with E-state index in [1.807, 2.05) is 49.4 Å². The molecule has 1 aliphatic rings. The largest absolute Gasteiger partial charge is 0.493 e. The maximum absolute atomic E-state index is 10.9. The molecule has 0 aliphatic carbocycles. The van der Waals surface area contributed by atoms with E-state index in [9.17, 15) is 5.11 Å². The topological polar surface area (TPSA) is 29.5 Å². The SMILES string of the molecule is CC1(O)c2ccccc2OCC1Cc1ccccc1. The molecule has 0 aromatic heterocycles. The van der Waals surface area contributed by atoms with Crippen LogP contribution in [0.5, 0.6) is 5.75 Å². The lowest BCUT2D eigenvalue weighted by Gasteiger charge is -2.38. The third-order valence-corrected chi connectivity index (χ3v) is 3.99. The van der Waals surface area contributed by atoms with Crippen molar-refractivity contribution in [3.8, 4) is 5.75 Å². The van der Waals surface area contributed by atoms with E-state index in [2.05, 4.69) is 12.1 Å². The first kappa shape index (κ1) is 12.2. The van der Waals surface area contributed by atoms with Gasteiger partial charge in [-0.3, -0.25) is 0 Å². The van der Waals surface area contributed by atoms with E-state index < -0.39 is 5.60 Å². The standard InChI is InChI=1S/C17H18O2/c1-17(18)14(11-13-7-3-2-4-8-13)12-19-16-10-6-5-9-15(16)17/h2-10,14,18H,11-12H2,1H3. The summed E-state index contributed by atoms with van der Waals surface area (Å²) in [6, 6.07) is 18.0. The minimum atomic E-state index is -0.843. The Morgan fingerprint density at radius 2 is 1.79 bits per heavy atom. The van der Waals surface area contributed by atoms with Crippen molar-refractivity contribution >= 4 is 0 Å². The Balaban J connectivity index is 1.89. The summed E-state index contributed by atoms with van der Waals surface area (Å²) in [4.78, 5) is 0. The lowest BCUT2D eigenvalue weighted by atomic mass is 9.78. The quantitative estimate of drug-likeness (QED) is 0.892. The lowest BCUT2D eigenvalue weighted by molar-refractivity contribution is -0.0431. The summed E-state index contributed by atoms with van der Waals surface area (Å²) in [6.45, 7) is 2.45. The monoisotopic (exact) mass is 254 g/mol. The minimum Gasteiger partial charge on any atom is -0.493 e. The molecule has 0 bridgehead atoms. The molecular formula is C17H18O2. The highest BCUT2D eigenvalue weighted by atomic mass is 16.5. The molecular weight excluding hydrogens is 236 g/mol. The maximum atomic E-state index is 10.9. The van der Waals surface area contributed by atoms with Gasteiger partial charge in [0.2, 0.25) is 0 Å². The zero-order valence-electron chi connectivity index (χ0n) is 11.0. The average molecular weight is 254 g/mol. The number of hydrogen-bond acceptors (Lipinski definition) is 2. The van der Waals surface area contributed by atoms with Crippen molar-refractivity contribution in [2.24, 2.45) is 5.92 Å². The number of para-hydroxylation sites is 1. The normalized spacial score (nSPS) is 25.5. The molecule has 2 nitrogen and oxygen atoms in total. The second kappa shape index (κ2) is 4.71. The first-order chi connectivity index (χ1) is 9.18. The Kier molecular flexibility index (Phi) is 3.03. The van der Waals surface area contributed by atoms with Gasteiger partial charge in [-0.05, 0) is 25.0 Å². The van der Waals surface area contributed by atoms with E-state index in [0.717, 1.165) is 17.7 Å². The second-order valence-corrected chi connectivity index (χ2v) is 5.34. The maximum Gasteiger partial charge on any atom is 0.125 e. The van der Waals surface area contributed by atoms with E-state index in [0.29, 0.717) is 6.61 Å². The molecule has 2 aromatic carbocycles. The van der Waals surface area contributed by atoms with Crippen LogP contribution in [0.1, 0.15) is 18.1 Å². The summed E-state index contributed by atoms with van der Waals surface area (Å²) >= 11 is 0.